The van der Waals surface area contributed by atoms with Crippen LogP contribution in [0.4, 0.5) is 17.6 Å². The summed E-state index contributed by atoms with van der Waals surface area (Å²) < 4.78 is 67.1. The first-order chi connectivity index (χ1) is 11.5. The number of fused-ring (bicyclic) bond motifs is 3. The van der Waals surface area contributed by atoms with Gasteiger partial charge in [-0.25, -0.2) is 13.2 Å². The van der Waals surface area contributed by atoms with Gasteiger partial charge in [-0.2, -0.15) is 4.39 Å². The molecule has 0 aliphatic carbocycles. The topological polar surface area (TPSA) is 22.4 Å². The van der Waals surface area contributed by atoms with Crippen molar-refractivity contribution in [2.75, 3.05) is 7.11 Å². The highest BCUT2D eigenvalue weighted by Crippen LogP contribution is 2.38. The summed E-state index contributed by atoms with van der Waals surface area (Å²) in [5.74, 6) is -5.21. The summed E-state index contributed by atoms with van der Waals surface area (Å²) in [6.07, 6.45) is 2.89. The van der Waals surface area contributed by atoms with Gasteiger partial charge in [0.25, 0.3) is 0 Å². The molecule has 0 unspecified atom stereocenters. The minimum atomic E-state index is -1.32. The summed E-state index contributed by atoms with van der Waals surface area (Å²) in [4.78, 5) is 0. The molecular weight excluding hydrogens is 324 g/mol. The minimum Gasteiger partial charge on any atom is -0.493 e. The molecule has 2 nitrogen and oxygen atoms in total. The molecule has 1 aromatic heterocycles. The number of unbranched alkanes of at least 4 members (excludes halogenated alkanes) is 2. The van der Waals surface area contributed by atoms with E-state index in [1.165, 1.54) is 13.2 Å². The zero-order valence-electron chi connectivity index (χ0n) is 13.3. The third-order valence-corrected chi connectivity index (χ3v) is 4.12. The Morgan fingerprint density at radius 3 is 2.12 bits per heavy atom. The average molecular weight is 340 g/mol. The van der Waals surface area contributed by atoms with Crippen molar-refractivity contribution in [3.05, 3.63) is 41.0 Å². The van der Waals surface area contributed by atoms with E-state index in [-0.39, 0.29) is 27.9 Å². The second-order valence-electron chi connectivity index (χ2n) is 5.68. The van der Waals surface area contributed by atoms with Crippen LogP contribution in [0.5, 0.6) is 5.75 Å². The molecule has 0 N–H and O–H groups in total. The number of furan rings is 1. The zero-order chi connectivity index (χ0) is 17.4. The summed E-state index contributed by atoms with van der Waals surface area (Å²) in [7, 11) is 1.18. The van der Waals surface area contributed by atoms with Crippen LogP contribution in [0.25, 0.3) is 21.9 Å². The first kappa shape index (κ1) is 16.6. The average Bonchev–Trinajstić information content (AvgIpc) is 2.94. The molecule has 2 aromatic carbocycles. The lowest BCUT2D eigenvalue weighted by Gasteiger charge is -2.05. The lowest BCUT2D eigenvalue weighted by molar-refractivity contribution is 0.373. The molecule has 0 aliphatic heterocycles. The molecule has 3 aromatic rings. The molecule has 0 atom stereocenters. The second kappa shape index (κ2) is 6.34. The predicted octanol–water partition coefficient (Wildman–Crippen LogP) is 5.88. The van der Waals surface area contributed by atoms with Crippen molar-refractivity contribution < 1.29 is 26.7 Å². The standard InChI is InChI=1S/C18H16F4O2/c1-3-4-5-6-9-7-10-13(17(21)15(9)19)14-11(24-10)8-12(23-2)16(20)18(14)22/h7-8H,3-6H2,1-2H3. The molecule has 128 valence electrons. The largest absolute Gasteiger partial charge is 0.493 e. The van der Waals surface area contributed by atoms with Crippen molar-refractivity contribution in [2.45, 2.75) is 32.6 Å². The van der Waals surface area contributed by atoms with Crippen molar-refractivity contribution in [3.8, 4) is 5.75 Å². The van der Waals surface area contributed by atoms with Crippen LogP contribution in [0.15, 0.2) is 16.5 Å². The van der Waals surface area contributed by atoms with Gasteiger partial charge >= 0.3 is 0 Å². The third-order valence-electron chi connectivity index (χ3n) is 4.12. The second-order valence-corrected chi connectivity index (χ2v) is 5.68. The number of aryl methyl sites for hydroxylation is 1. The molecule has 6 heteroatoms. The Morgan fingerprint density at radius 1 is 0.875 bits per heavy atom. The predicted molar refractivity (Wildman–Crippen MR) is 83.3 cm³/mol. The number of benzene rings is 2. The smallest absolute Gasteiger partial charge is 0.201 e. The first-order valence-electron chi connectivity index (χ1n) is 7.74. The number of halogens is 4. The Balaban J connectivity index is 2.26. The van der Waals surface area contributed by atoms with Crippen LogP contribution in [0, 0.1) is 23.3 Å². The molecule has 0 radical (unpaired) electrons. The molecule has 3 rings (SSSR count). The molecule has 24 heavy (non-hydrogen) atoms. The third kappa shape index (κ3) is 2.50. The number of methoxy groups -OCH3 is 1. The van der Waals surface area contributed by atoms with Gasteiger partial charge < -0.3 is 9.15 Å². The van der Waals surface area contributed by atoms with E-state index >= 15 is 0 Å². The SMILES string of the molecule is CCCCCc1cc2oc3cc(OC)c(F)c(F)c3c2c(F)c1F. The maximum absolute atomic E-state index is 14.5. The van der Waals surface area contributed by atoms with E-state index in [0.717, 1.165) is 18.9 Å². The first-order valence-corrected chi connectivity index (χ1v) is 7.74. The van der Waals surface area contributed by atoms with Gasteiger partial charge in [0.1, 0.15) is 11.2 Å². The van der Waals surface area contributed by atoms with Gasteiger partial charge in [0.15, 0.2) is 23.2 Å². The molecule has 0 saturated heterocycles. The minimum absolute atomic E-state index is 0.0121. The van der Waals surface area contributed by atoms with Gasteiger partial charge in [-0.3, -0.25) is 0 Å². The van der Waals surface area contributed by atoms with Crippen molar-refractivity contribution in [2.24, 2.45) is 0 Å². The number of ether oxygens (including phenoxy) is 1. The van der Waals surface area contributed by atoms with Crippen LogP contribution >= 0.6 is 0 Å². The number of hydrogen-bond acceptors (Lipinski definition) is 2. The molecule has 0 spiro atoms. The Hall–Kier alpha value is -2.24. The highest BCUT2D eigenvalue weighted by atomic mass is 19.2. The molecule has 0 amide bonds. The Morgan fingerprint density at radius 2 is 1.50 bits per heavy atom. The van der Waals surface area contributed by atoms with Gasteiger partial charge in [0.05, 0.1) is 17.9 Å². The fourth-order valence-corrected chi connectivity index (χ4v) is 2.87. The van der Waals surface area contributed by atoms with Crippen molar-refractivity contribution in [1.82, 2.24) is 0 Å². The molecular formula is C18H16F4O2. The van der Waals surface area contributed by atoms with E-state index in [0.29, 0.717) is 12.8 Å². The summed E-state index contributed by atoms with van der Waals surface area (Å²) in [5, 5.41) is -0.805. The molecule has 0 aliphatic rings. The maximum Gasteiger partial charge on any atom is 0.201 e. The molecule has 0 fully saturated rings. The van der Waals surface area contributed by atoms with Crippen LogP contribution in [-0.4, -0.2) is 7.11 Å². The monoisotopic (exact) mass is 340 g/mol. The fraction of sp³-hybridized carbons (Fsp3) is 0.333. The van der Waals surface area contributed by atoms with E-state index in [4.69, 9.17) is 9.15 Å². The van der Waals surface area contributed by atoms with Gasteiger partial charge in [-0.15, -0.1) is 0 Å². The highest BCUT2D eigenvalue weighted by molar-refractivity contribution is 6.06. The Kier molecular flexibility index (Phi) is 4.39. The van der Waals surface area contributed by atoms with Gasteiger partial charge in [-0.1, -0.05) is 19.8 Å². The Bertz CT molecular complexity index is 915. The van der Waals surface area contributed by atoms with Crippen LogP contribution in [0.3, 0.4) is 0 Å². The summed E-state index contributed by atoms with van der Waals surface area (Å²) in [6.45, 7) is 2.00. The van der Waals surface area contributed by atoms with Crippen LogP contribution < -0.4 is 4.74 Å². The Labute approximate surface area is 136 Å². The number of hydrogen-bond donors (Lipinski definition) is 0. The molecule has 1 heterocycles. The normalized spacial score (nSPS) is 11.6. The molecule has 0 bridgehead atoms. The van der Waals surface area contributed by atoms with E-state index < -0.39 is 28.7 Å². The van der Waals surface area contributed by atoms with Crippen molar-refractivity contribution >= 4 is 21.9 Å². The van der Waals surface area contributed by atoms with Gasteiger partial charge in [0.2, 0.25) is 5.82 Å². The summed E-state index contributed by atoms with van der Waals surface area (Å²) >= 11 is 0. The summed E-state index contributed by atoms with van der Waals surface area (Å²) in [5.41, 5.74) is 0.0621. The van der Waals surface area contributed by atoms with Crippen LogP contribution in [0.1, 0.15) is 31.7 Å². The molecule has 0 saturated carbocycles. The summed E-state index contributed by atoms with van der Waals surface area (Å²) in [6, 6.07) is 2.48. The van der Waals surface area contributed by atoms with Crippen LogP contribution in [0.2, 0.25) is 0 Å². The van der Waals surface area contributed by atoms with E-state index in [1.807, 2.05) is 6.92 Å². The van der Waals surface area contributed by atoms with Gasteiger partial charge in [0, 0.05) is 6.07 Å². The van der Waals surface area contributed by atoms with E-state index in [2.05, 4.69) is 0 Å². The quantitative estimate of drug-likeness (QED) is 0.427. The van der Waals surface area contributed by atoms with Crippen molar-refractivity contribution in [3.63, 3.8) is 0 Å². The lowest BCUT2D eigenvalue weighted by atomic mass is 10.0. The van der Waals surface area contributed by atoms with Crippen LogP contribution in [-0.2, 0) is 6.42 Å². The number of rotatable bonds is 5. The maximum atomic E-state index is 14.5. The lowest BCUT2D eigenvalue weighted by Crippen LogP contribution is -1.97. The van der Waals surface area contributed by atoms with Gasteiger partial charge in [-0.05, 0) is 24.5 Å². The highest BCUT2D eigenvalue weighted by Gasteiger charge is 2.24. The zero-order valence-corrected chi connectivity index (χ0v) is 13.3. The van der Waals surface area contributed by atoms with E-state index in [1.54, 1.807) is 0 Å². The van der Waals surface area contributed by atoms with E-state index in [9.17, 15) is 17.6 Å². The fourth-order valence-electron chi connectivity index (χ4n) is 2.87. The van der Waals surface area contributed by atoms with Crippen molar-refractivity contribution in [1.29, 1.82) is 0 Å².